The summed E-state index contributed by atoms with van der Waals surface area (Å²) in [5.41, 5.74) is 0. The van der Waals surface area contributed by atoms with Crippen molar-refractivity contribution >= 4 is 15.0 Å². The van der Waals surface area contributed by atoms with Crippen molar-refractivity contribution in [3.05, 3.63) is 12.7 Å². The molecule has 0 aromatic carbocycles. The second-order valence-electron chi connectivity index (χ2n) is 5.36. The topological polar surface area (TPSA) is 72.8 Å². The standard InChI is InChI=1S/C14H29FO5P2/c1-3-5-6-7-8-9-10-11-12-13-21(16,19-4-2)14-22(17,18)20-15/h3H,1,4-14H2,2H3,(H,17,18). The lowest BCUT2D eigenvalue weighted by molar-refractivity contribution is -0.0178. The molecule has 1 N–H and O–H groups in total. The van der Waals surface area contributed by atoms with E-state index < -0.39 is 20.9 Å². The van der Waals surface area contributed by atoms with Crippen LogP contribution in [0.5, 0.6) is 0 Å². The molecule has 2 atom stereocenters. The van der Waals surface area contributed by atoms with Crippen molar-refractivity contribution in [3.63, 3.8) is 0 Å². The Bertz CT molecular complexity index is 389. The van der Waals surface area contributed by atoms with Crippen LogP contribution in [-0.2, 0) is 18.4 Å². The van der Waals surface area contributed by atoms with Crippen LogP contribution in [0.1, 0.15) is 58.3 Å². The predicted molar refractivity (Wildman–Crippen MR) is 88.1 cm³/mol. The number of hydrogen-bond donors (Lipinski definition) is 1. The van der Waals surface area contributed by atoms with Crippen LogP contribution in [-0.4, -0.2) is 23.6 Å². The van der Waals surface area contributed by atoms with Gasteiger partial charge in [0.2, 0.25) is 7.37 Å². The summed E-state index contributed by atoms with van der Waals surface area (Å²) in [5.74, 6) is -0.758. The molecule has 0 saturated carbocycles. The van der Waals surface area contributed by atoms with Gasteiger partial charge in [0.1, 0.15) is 5.90 Å². The quantitative estimate of drug-likeness (QED) is 0.233. The summed E-state index contributed by atoms with van der Waals surface area (Å²) in [5, 5.41) is 0. The molecule has 22 heavy (non-hydrogen) atoms. The van der Waals surface area contributed by atoms with E-state index in [9.17, 15) is 13.7 Å². The molecule has 0 bridgehead atoms. The Hall–Kier alpha value is 0.01000. The summed E-state index contributed by atoms with van der Waals surface area (Å²) in [7, 11) is -7.78. The summed E-state index contributed by atoms with van der Waals surface area (Å²) >= 11 is 0. The van der Waals surface area contributed by atoms with E-state index in [4.69, 9.17) is 9.42 Å². The summed E-state index contributed by atoms with van der Waals surface area (Å²) in [4.78, 5) is 9.13. The van der Waals surface area contributed by atoms with Crippen LogP contribution >= 0.6 is 15.0 Å². The molecular weight excluding hydrogens is 329 g/mol. The molecule has 132 valence electrons. The van der Waals surface area contributed by atoms with E-state index in [-0.39, 0.29) is 12.8 Å². The van der Waals surface area contributed by atoms with Gasteiger partial charge in [0.25, 0.3) is 0 Å². The molecule has 0 spiro atoms. The van der Waals surface area contributed by atoms with E-state index in [1.54, 1.807) is 6.92 Å². The van der Waals surface area contributed by atoms with Gasteiger partial charge in [0.05, 0.1) is 6.61 Å². The largest absolute Gasteiger partial charge is 0.370 e. The molecule has 2 unspecified atom stereocenters. The monoisotopic (exact) mass is 358 g/mol. The van der Waals surface area contributed by atoms with Gasteiger partial charge in [-0.05, 0) is 30.7 Å². The molecule has 0 aliphatic heterocycles. The fourth-order valence-electron chi connectivity index (χ4n) is 2.23. The third kappa shape index (κ3) is 11.6. The van der Waals surface area contributed by atoms with E-state index in [2.05, 4.69) is 11.3 Å². The van der Waals surface area contributed by atoms with E-state index in [1.165, 1.54) is 12.8 Å². The van der Waals surface area contributed by atoms with Gasteiger partial charge in [-0.2, -0.15) is 0 Å². The number of hydrogen-bond acceptors (Lipinski definition) is 4. The summed E-state index contributed by atoms with van der Waals surface area (Å²) < 4.78 is 43.7. The van der Waals surface area contributed by atoms with Crippen molar-refractivity contribution in [2.45, 2.75) is 58.3 Å². The molecule has 0 fully saturated rings. The Morgan fingerprint density at radius 3 is 2.14 bits per heavy atom. The Labute approximate surface area is 133 Å². The highest BCUT2D eigenvalue weighted by atomic mass is 31.2. The van der Waals surface area contributed by atoms with Crippen molar-refractivity contribution in [1.82, 2.24) is 0 Å². The van der Waals surface area contributed by atoms with E-state index in [1.807, 2.05) is 6.08 Å². The first-order valence-electron chi connectivity index (χ1n) is 7.85. The molecule has 0 heterocycles. The zero-order valence-electron chi connectivity index (χ0n) is 13.4. The lowest BCUT2D eigenvalue weighted by Gasteiger charge is -2.18. The molecule has 0 rings (SSSR count). The highest BCUT2D eigenvalue weighted by Gasteiger charge is 2.35. The molecule has 5 nitrogen and oxygen atoms in total. The zero-order valence-corrected chi connectivity index (χ0v) is 15.2. The van der Waals surface area contributed by atoms with Gasteiger partial charge in [0.15, 0.2) is 0 Å². The Kier molecular flexibility index (Phi) is 12.4. The lowest BCUT2D eigenvalue weighted by atomic mass is 10.1. The molecule has 0 aromatic rings. The molecule has 8 heteroatoms. The first-order valence-corrected chi connectivity index (χ1v) is 11.6. The van der Waals surface area contributed by atoms with Gasteiger partial charge < -0.3 is 9.42 Å². The number of allylic oxidation sites excluding steroid dienone is 1. The van der Waals surface area contributed by atoms with Crippen molar-refractivity contribution in [3.8, 4) is 0 Å². The van der Waals surface area contributed by atoms with Crippen molar-refractivity contribution in [2.75, 3.05) is 18.7 Å². The first kappa shape index (κ1) is 22.0. The molecule has 0 radical (unpaired) electrons. The summed E-state index contributed by atoms with van der Waals surface area (Å²) in [6.45, 7) is 5.49. The SMILES string of the molecule is C=CCCCCCCCCCP(=O)(CP(=O)(O)OF)OCC. The lowest BCUT2D eigenvalue weighted by Crippen LogP contribution is -2.02. The average Bonchev–Trinajstić information content (AvgIpc) is 2.45. The van der Waals surface area contributed by atoms with E-state index >= 15 is 0 Å². The number of halogens is 1. The second kappa shape index (κ2) is 12.4. The highest BCUT2D eigenvalue weighted by molar-refractivity contribution is 7.73. The maximum atomic E-state index is 12.4. The molecule has 0 amide bonds. The molecule has 0 aliphatic carbocycles. The van der Waals surface area contributed by atoms with Crippen LogP contribution in [0.2, 0.25) is 0 Å². The number of unbranched alkanes of at least 4 members (excludes halogenated alkanes) is 7. The Morgan fingerprint density at radius 2 is 1.64 bits per heavy atom. The van der Waals surface area contributed by atoms with Crippen LogP contribution in [0.15, 0.2) is 12.7 Å². The van der Waals surface area contributed by atoms with Crippen LogP contribution < -0.4 is 0 Å². The zero-order chi connectivity index (χ0) is 16.9. The van der Waals surface area contributed by atoms with Gasteiger partial charge in [-0.15, -0.1) is 11.3 Å². The second-order valence-corrected chi connectivity index (χ2v) is 10.2. The van der Waals surface area contributed by atoms with Crippen LogP contribution in [0, 0.1) is 0 Å². The van der Waals surface area contributed by atoms with Crippen molar-refractivity contribution in [2.24, 2.45) is 0 Å². The van der Waals surface area contributed by atoms with Gasteiger partial charge in [0, 0.05) is 6.16 Å². The van der Waals surface area contributed by atoms with Crippen LogP contribution in [0.25, 0.3) is 0 Å². The molecule has 0 aliphatic rings. The fraction of sp³-hybridized carbons (Fsp3) is 0.857. The Morgan fingerprint density at radius 1 is 1.09 bits per heavy atom. The van der Waals surface area contributed by atoms with Gasteiger partial charge in [-0.25, -0.2) is 0 Å². The smallest absolute Gasteiger partial charge is 0.328 e. The maximum Gasteiger partial charge on any atom is 0.370 e. The minimum absolute atomic E-state index is 0.160. The van der Waals surface area contributed by atoms with E-state index in [0.717, 1.165) is 32.1 Å². The van der Waals surface area contributed by atoms with E-state index in [0.29, 0.717) is 6.42 Å². The predicted octanol–water partition coefficient (Wildman–Crippen LogP) is 5.65. The summed E-state index contributed by atoms with van der Waals surface area (Å²) in [6.07, 6.45) is 10.3. The third-order valence-corrected chi connectivity index (χ3v) is 8.37. The third-order valence-electron chi connectivity index (χ3n) is 3.27. The number of rotatable bonds is 15. The van der Waals surface area contributed by atoms with Gasteiger partial charge >= 0.3 is 7.60 Å². The maximum absolute atomic E-state index is 12.4. The van der Waals surface area contributed by atoms with Crippen molar-refractivity contribution in [1.29, 1.82) is 0 Å². The molecule has 0 saturated heterocycles. The normalized spacial score (nSPS) is 16.9. The van der Waals surface area contributed by atoms with Crippen molar-refractivity contribution < 1.29 is 27.8 Å². The van der Waals surface area contributed by atoms with Crippen LogP contribution in [0.3, 0.4) is 0 Å². The highest BCUT2D eigenvalue weighted by Crippen LogP contribution is 2.61. The van der Waals surface area contributed by atoms with Gasteiger partial charge in [-0.3, -0.25) is 9.13 Å². The fourth-order valence-corrected chi connectivity index (χ4v) is 6.78. The Balaban J connectivity index is 3.93. The molecular formula is C14H29FO5P2. The first-order chi connectivity index (χ1) is 10.4. The minimum atomic E-state index is -4.46. The molecule has 0 aromatic heterocycles. The minimum Gasteiger partial charge on any atom is -0.328 e. The van der Waals surface area contributed by atoms with Crippen LogP contribution in [0.4, 0.5) is 4.53 Å². The summed E-state index contributed by atoms with van der Waals surface area (Å²) in [6, 6.07) is 0. The average molecular weight is 358 g/mol. The van der Waals surface area contributed by atoms with Gasteiger partial charge in [-0.1, -0.05) is 38.2 Å².